The van der Waals surface area contributed by atoms with Crippen LogP contribution in [-0.2, 0) is 13.1 Å². The molecule has 1 aromatic carbocycles. The molecular formula is C19H30IN5. The highest BCUT2D eigenvalue weighted by Crippen LogP contribution is 2.12. The Morgan fingerprint density at radius 1 is 1.16 bits per heavy atom. The first-order chi connectivity index (χ1) is 11.6. The molecule has 0 amide bonds. The first kappa shape index (κ1) is 21.5. The van der Waals surface area contributed by atoms with Gasteiger partial charge in [-0.15, -0.1) is 24.0 Å². The molecule has 0 spiro atoms. The highest BCUT2D eigenvalue weighted by molar-refractivity contribution is 14.0. The first-order valence-corrected chi connectivity index (χ1v) is 8.69. The summed E-state index contributed by atoms with van der Waals surface area (Å²) in [6.07, 6.45) is 3.79. The fourth-order valence-corrected chi connectivity index (χ4v) is 2.30. The molecule has 1 aromatic heterocycles. The predicted molar refractivity (Wildman–Crippen MR) is 115 cm³/mol. The molecule has 2 rings (SSSR count). The molecule has 0 fully saturated rings. The van der Waals surface area contributed by atoms with E-state index in [1.54, 1.807) is 6.20 Å². The molecule has 5 nitrogen and oxygen atoms in total. The third-order valence-electron chi connectivity index (χ3n) is 4.13. The molecule has 0 saturated carbocycles. The van der Waals surface area contributed by atoms with E-state index in [0.717, 1.165) is 19.0 Å². The Morgan fingerprint density at radius 2 is 1.88 bits per heavy atom. The Morgan fingerprint density at radius 3 is 2.48 bits per heavy atom. The molecule has 0 aliphatic carbocycles. The van der Waals surface area contributed by atoms with Crippen molar-refractivity contribution >= 4 is 29.9 Å². The Hall–Kier alpha value is -1.57. The van der Waals surface area contributed by atoms with E-state index in [1.165, 1.54) is 11.1 Å². The number of benzene rings is 1. The molecule has 6 heteroatoms. The van der Waals surface area contributed by atoms with Crippen molar-refractivity contribution < 1.29 is 0 Å². The lowest BCUT2D eigenvalue weighted by atomic mass is 10.1. The smallest absolute Gasteiger partial charge is 0.191 e. The number of rotatable bonds is 7. The van der Waals surface area contributed by atoms with Crippen molar-refractivity contribution in [2.24, 2.45) is 10.9 Å². The van der Waals surface area contributed by atoms with Crippen LogP contribution in [0.5, 0.6) is 0 Å². The SMILES string of the molecule is CCNC(=NCc1ccccc1Cn1cccn1)NC(C)C(C)C.I. The summed E-state index contributed by atoms with van der Waals surface area (Å²) in [5.41, 5.74) is 2.47. The van der Waals surface area contributed by atoms with Gasteiger partial charge in [0, 0.05) is 25.0 Å². The Bertz CT molecular complexity index is 637. The molecule has 0 radical (unpaired) electrons. The van der Waals surface area contributed by atoms with E-state index in [0.29, 0.717) is 18.5 Å². The van der Waals surface area contributed by atoms with Crippen molar-refractivity contribution in [1.29, 1.82) is 0 Å². The third-order valence-corrected chi connectivity index (χ3v) is 4.13. The van der Waals surface area contributed by atoms with Gasteiger partial charge in [-0.3, -0.25) is 4.68 Å². The fraction of sp³-hybridized carbons (Fsp3) is 0.474. The van der Waals surface area contributed by atoms with Crippen molar-refractivity contribution in [1.82, 2.24) is 20.4 Å². The Labute approximate surface area is 168 Å². The molecule has 138 valence electrons. The number of hydrogen-bond donors (Lipinski definition) is 2. The van der Waals surface area contributed by atoms with E-state index in [4.69, 9.17) is 4.99 Å². The van der Waals surface area contributed by atoms with Crippen LogP contribution >= 0.6 is 24.0 Å². The molecule has 0 aliphatic heterocycles. The summed E-state index contributed by atoms with van der Waals surface area (Å²) in [6, 6.07) is 10.7. The van der Waals surface area contributed by atoms with Crippen LogP contribution in [0.4, 0.5) is 0 Å². The van der Waals surface area contributed by atoms with Crippen LogP contribution in [0.25, 0.3) is 0 Å². The summed E-state index contributed by atoms with van der Waals surface area (Å²) < 4.78 is 1.94. The summed E-state index contributed by atoms with van der Waals surface area (Å²) in [4.78, 5) is 4.76. The molecule has 1 atom stereocenters. The monoisotopic (exact) mass is 455 g/mol. The molecule has 2 N–H and O–H groups in total. The summed E-state index contributed by atoms with van der Waals surface area (Å²) >= 11 is 0. The van der Waals surface area contributed by atoms with Gasteiger partial charge in [-0.1, -0.05) is 38.1 Å². The second-order valence-corrected chi connectivity index (χ2v) is 6.34. The quantitative estimate of drug-likeness (QED) is 0.381. The van der Waals surface area contributed by atoms with Gasteiger partial charge in [0.25, 0.3) is 0 Å². The predicted octanol–water partition coefficient (Wildman–Crippen LogP) is 3.65. The van der Waals surface area contributed by atoms with Crippen molar-refractivity contribution in [2.45, 2.75) is 46.8 Å². The number of hydrogen-bond acceptors (Lipinski definition) is 2. The van der Waals surface area contributed by atoms with Crippen molar-refractivity contribution in [2.75, 3.05) is 6.54 Å². The van der Waals surface area contributed by atoms with Crippen LogP contribution in [0.15, 0.2) is 47.7 Å². The van der Waals surface area contributed by atoms with Gasteiger partial charge < -0.3 is 10.6 Å². The molecule has 25 heavy (non-hydrogen) atoms. The van der Waals surface area contributed by atoms with Gasteiger partial charge in [-0.2, -0.15) is 5.10 Å². The minimum absolute atomic E-state index is 0. The summed E-state index contributed by atoms with van der Waals surface area (Å²) in [5.74, 6) is 1.42. The van der Waals surface area contributed by atoms with Gasteiger partial charge in [-0.05, 0) is 37.0 Å². The summed E-state index contributed by atoms with van der Waals surface area (Å²) in [5, 5.41) is 11.1. The summed E-state index contributed by atoms with van der Waals surface area (Å²) in [6.45, 7) is 11.0. The maximum absolute atomic E-state index is 4.76. The van der Waals surface area contributed by atoms with Gasteiger partial charge in [-0.25, -0.2) is 4.99 Å². The average Bonchev–Trinajstić information content (AvgIpc) is 3.07. The lowest BCUT2D eigenvalue weighted by molar-refractivity contribution is 0.481. The maximum atomic E-state index is 4.76. The van der Waals surface area contributed by atoms with E-state index < -0.39 is 0 Å². The second kappa shape index (κ2) is 11.1. The zero-order chi connectivity index (χ0) is 17.4. The number of aliphatic imine (C=N–C) groups is 1. The second-order valence-electron chi connectivity index (χ2n) is 6.34. The topological polar surface area (TPSA) is 54.2 Å². The minimum Gasteiger partial charge on any atom is -0.357 e. The normalized spacial score (nSPS) is 12.6. The van der Waals surface area contributed by atoms with Crippen molar-refractivity contribution in [3.8, 4) is 0 Å². The van der Waals surface area contributed by atoms with Crippen LogP contribution in [0.2, 0.25) is 0 Å². The number of halogens is 1. The van der Waals surface area contributed by atoms with E-state index in [9.17, 15) is 0 Å². The highest BCUT2D eigenvalue weighted by Gasteiger charge is 2.09. The highest BCUT2D eigenvalue weighted by atomic mass is 127. The first-order valence-electron chi connectivity index (χ1n) is 8.69. The van der Waals surface area contributed by atoms with Gasteiger partial charge >= 0.3 is 0 Å². The van der Waals surface area contributed by atoms with Crippen LogP contribution in [0, 0.1) is 5.92 Å². The zero-order valence-corrected chi connectivity index (χ0v) is 17.9. The molecule has 0 saturated heterocycles. The maximum Gasteiger partial charge on any atom is 0.191 e. The fourth-order valence-electron chi connectivity index (χ4n) is 2.30. The van der Waals surface area contributed by atoms with E-state index in [-0.39, 0.29) is 24.0 Å². The lowest BCUT2D eigenvalue weighted by Crippen LogP contribution is -2.44. The van der Waals surface area contributed by atoms with Crippen LogP contribution < -0.4 is 10.6 Å². The third kappa shape index (κ3) is 7.05. The minimum atomic E-state index is 0. The van der Waals surface area contributed by atoms with Gasteiger partial charge in [0.2, 0.25) is 0 Å². The number of nitrogens with one attached hydrogen (secondary N) is 2. The van der Waals surface area contributed by atoms with Gasteiger partial charge in [0.15, 0.2) is 5.96 Å². The molecular weight excluding hydrogens is 425 g/mol. The van der Waals surface area contributed by atoms with Crippen LogP contribution in [0.3, 0.4) is 0 Å². The van der Waals surface area contributed by atoms with Crippen molar-refractivity contribution in [3.05, 3.63) is 53.9 Å². The van der Waals surface area contributed by atoms with Gasteiger partial charge in [0.1, 0.15) is 0 Å². The van der Waals surface area contributed by atoms with E-state index in [2.05, 4.69) is 67.7 Å². The average molecular weight is 455 g/mol. The van der Waals surface area contributed by atoms with Crippen LogP contribution in [-0.4, -0.2) is 28.3 Å². The van der Waals surface area contributed by atoms with E-state index in [1.807, 2.05) is 16.9 Å². The molecule has 2 aromatic rings. The van der Waals surface area contributed by atoms with Gasteiger partial charge in [0.05, 0.1) is 13.1 Å². The zero-order valence-electron chi connectivity index (χ0n) is 15.6. The van der Waals surface area contributed by atoms with Crippen LogP contribution in [0.1, 0.15) is 38.8 Å². The molecule has 1 unspecified atom stereocenters. The number of guanidine groups is 1. The Kier molecular flexibility index (Phi) is 9.55. The number of aromatic nitrogens is 2. The lowest BCUT2D eigenvalue weighted by Gasteiger charge is -2.20. The standard InChI is InChI=1S/C19H29N5.HI/c1-5-20-19(23-16(4)15(2)3)21-13-17-9-6-7-10-18(17)14-24-12-8-11-22-24;/h6-12,15-16H,5,13-14H2,1-4H3,(H2,20,21,23);1H. The Balaban J connectivity index is 0.00000312. The molecule has 0 bridgehead atoms. The largest absolute Gasteiger partial charge is 0.357 e. The number of nitrogens with zero attached hydrogens (tertiary/aromatic N) is 3. The summed E-state index contributed by atoms with van der Waals surface area (Å²) in [7, 11) is 0. The molecule has 0 aliphatic rings. The molecule has 1 heterocycles. The van der Waals surface area contributed by atoms with E-state index >= 15 is 0 Å². The van der Waals surface area contributed by atoms with Crippen molar-refractivity contribution in [3.63, 3.8) is 0 Å².